The van der Waals surface area contributed by atoms with Crippen LogP contribution in [0.25, 0.3) is 0 Å². The third-order valence-corrected chi connectivity index (χ3v) is 6.41. The highest BCUT2D eigenvalue weighted by Crippen LogP contribution is 2.26. The number of halogens is 2. The second kappa shape index (κ2) is 7.85. The number of amides is 1. The van der Waals surface area contributed by atoms with Crippen LogP contribution in [-0.4, -0.2) is 19.3 Å². The SMILES string of the molecule is Cc1csc(NC(=O)c2cccc(NS(=O)(=O)c3ccc(Cl)c(Cl)c3)c2)n1. The average Bonchev–Trinajstić information content (AvgIpc) is 3.02. The lowest BCUT2D eigenvalue weighted by atomic mass is 10.2. The normalized spacial score (nSPS) is 11.2. The summed E-state index contributed by atoms with van der Waals surface area (Å²) >= 11 is 13.0. The highest BCUT2D eigenvalue weighted by atomic mass is 35.5. The Bertz CT molecular complexity index is 1110. The third-order valence-electron chi connectivity index (χ3n) is 3.42. The molecule has 1 amide bonds. The number of aryl methyl sites for hydroxylation is 1. The number of anilines is 2. The van der Waals surface area contributed by atoms with Gasteiger partial charge in [0.1, 0.15) is 0 Å². The minimum Gasteiger partial charge on any atom is -0.298 e. The maximum Gasteiger partial charge on any atom is 0.261 e. The molecule has 10 heteroatoms. The van der Waals surface area contributed by atoms with Crippen molar-refractivity contribution in [1.82, 2.24) is 4.98 Å². The Morgan fingerprint density at radius 3 is 2.56 bits per heavy atom. The molecule has 140 valence electrons. The molecule has 0 saturated heterocycles. The first-order chi connectivity index (χ1) is 12.7. The zero-order valence-corrected chi connectivity index (χ0v) is 17.0. The molecule has 1 heterocycles. The van der Waals surface area contributed by atoms with Crippen LogP contribution >= 0.6 is 34.5 Å². The van der Waals surface area contributed by atoms with Gasteiger partial charge in [0.2, 0.25) is 0 Å². The van der Waals surface area contributed by atoms with Gasteiger partial charge in [0.15, 0.2) is 5.13 Å². The van der Waals surface area contributed by atoms with Crippen molar-refractivity contribution in [3.63, 3.8) is 0 Å². The van der Waals surface area contributed by atoms with Crippen molar-refractivity contribution >= 4 is 61.3 Å². The first kappa shape index (κ1) is 19.6. The Labute approximate surface area is 170 Å². The Kier molecular flexibility index (Phi) is 5.71. The molecule has 0 aliphatic rings. The van der Waals surface area contributed by atoms with E-state index in [1.807, 2.05) is 12.3 Å². The minimum absolute atomic E-state index is 0.0370. The zero-order chi connectivity index (χ0) is 19.6. The van der Waals surface area contributed by atoms with Crippen molar-refractivity contribution in [1.29, 1.82) is 0 Å². The van der Waals surface area contributed by atoms with Gasteiger partial charge >= 0.3 is 0 Å². The fourth-order valence-electron chi connectivity index (χ4n) is 2.16. The van der Waals surface area contributed by atoms with Gasteiger partial charge in [0.25, 0.3) is 15.9 Å². The van der Waals surface area contributed by atoms with E-state index in [1.165, 1.54) is 35.6 Å². The van der Waals surface area contributed by atoms with Crippen LogP contribution < -0.4 is 10.0 Å². The van der Waals surface area contributed by atoms with Gasteiger partial charge in [-0.3, -0.25) is 14.8 Å². The lowest BCUT2D eigenvalue weighted by molar-refractivity contribution is 0.102. The summed E-state index contributed by atoms with van der Waals surface area (Å²) in [6, 6.07) is 10.1. The third kappa shape index (κ3) is 4.78. The van der Waals surface area contributed by atoms with Crippen molar-refractivity contribution < 1.29 is 13.2 Å². The summed E-state index contributed by atoms with van der Waals surface area (Å²) < 4.78 is 27.5. The molecular formula is C17H13Cl2N3O3S2. The quantitative estimate of drug-likeness (QED) is 0.594. The second-order valence-corrected chi connectivity index (χ2v) is 8.87. The minimum atomic E-state index is -3.89. The molecule has 2 aromatic carbocycles. The van der Waals surface area contributed by atoms with Crippen LogP contribution in [0.3, 0.4) is 0 Å². The van der Waals surface area contributed by atoms with Crippen LogP contribution in [0.4, 0.5) is 10.8 Å². The molecule has 27 heavy (non-hydrogen) atoms. The molecule has 1 aromatic heterocycles. The Morgan fingerprint density at radius 1 is 1.11 bits per heavy atom. The van der Waals surface area contributed by atoms with Crippen LogP contribution in [0.1, 0.15) is 16.1 Å². The molecule has 3 rings (SSSR count). The molecule has 6 nitrogen and oxygen atoms in total. The smallest absolute Gasteiger partial charge is 0.261 e. The Morgan fingerprint density at radius 2 is 1.89 bits per heavy atom. The molecule has 0 aliphatic heterocycles. The van der Waals surface area contributed by atoms with Gasteiger partial charge in [0.05, 0.1) is 20.6 Å². The average molecular weight is 442 g/mol. The maximum absolute atomic E-state index is 12.5. The van der Waals surface area contributed by atoms with E-state index in [1.54, 1.807) is 18.2 Å². The highest BCUT2D eigenvalue weighted by molar-refractivity contribution is 7.92. The van der Waals surface area contributed by atoms with Gasteiger partial charge in [-0.05, 0) is 43.3 Å². The number of rotatable bonds is 5. The molecule has 0 radical (unpaired) electrons. The van der Waals surface area contributed by atoms with Gasteiger partial charge < -0.3 is 0 Å². The van der Waals surface area contributed by atoms with Gasteiger partial charge in [0, 0.05) is 16.6 Å². The number of carbonyl (C=O) groups is 1. The monoisotopic (exact) mass is 441 g/mol. The highest BCUT2D eigenvalue weighted by Gasteiger charge is 2.17. The maximum atomic E-state index is 12.5. The van der Waals surface area contributed by atoms with Crippen molar-refractivity contribution in [3.8, 4) is 0 Å². The topological polar surface area (TPSA) is 88.2 Å². The number of sulfonamides is 1. The fraction of sp³-hybridized carbons (Fsp3) is 0.0588. The van der Waals surface area contributed by atoms with E-state index in [2.05, 4.69) is 15.0 Å². The van der Waals surface area contributed by atoms with Crippen molar-refractivity contribution in [2.24, 2.45) is 0 Å². The number of thiazole rings is 1. The Hall–Kier alpha value is -2.13. The molecule has 2 N–H and O–H groups in total. The number of hydrogen-bond donors (Lipinski definition) is 2. The lowest BCUT2D eigenvalue weighted by Gasteiger charge is -2.10. The van der Waals surface area contributed by atoms with Crippen molar-refractivity contribution in [2.75, 3.05) is 10.0 Å². The van der Waals surface area contributed by atoms with Gasteiger partial charge in [-0.25, -0.2) is 13.4 Å². The van der Waals surface area contributed by atoms with Crippen LogP contribution in [0, 0.1) is 6.92 Å². The number of carbonyl (C=O) groups excluding carboxylic acids is 1. The van der Waals surface area contributed by atoms with Crippen LogP contribution in [0.5, 0.6) is 0 Å². The zero-order valence-electron chi connectivity index (χ0n) is 13.9. The van der Waals surface area contributed by atoms with Crippen LogP contribution in [-0.2, 0) is 10.0 Å². The predicted octanol–water partition coefficient (Wildman–Crippen LogP) is 4.81. The number of aromatic nitrogens is 1. The standard InChI is InChI=1S/C17H13Cl2N3O3S2/c1-10-9-26-17(20-10)21-16(23)11-3-2-4-12(7-11)22-27(24,25)13-5-6-14(18)15(19)8-13/h2-9,22H,1H3,(H,20,21,23). The van der Waals surface area contributed by atoms with Gasteiger partial charge in [-0.1, -0.05) is 29.3 Å². The van der Waals surface area contributed by atoms with E-state index in [-0.39, 0.29) is 32.1 Å². The molecule has 0 bridgehead atoms. The summed E-state index contributed by atoms with van der Waals surface area (Å²) in [5, 5.41) is 5.35. The Balaban J connectivity index is 1.80. The van der Waals surface area contributed by atoms with E-state index < -0.39 is 10.0 Å². The predicted molar refractivity (Wildman–Crippen MR) is 109 cm³/mol. The number of hydrogen-bond acceptors (Lipinski definition) is 5. The van der Waals surface area contributed by atoms with E-state index in [0.29, 0.717) is 5.13 Å². The van der Waals surface area contributed by atoms with Gasteiger partial charge in [-0.15, -0.1) is 11.3 Å². The molecule has 0 aliphatic carbocycles. The summed E-state index contributed by atoms with van der Waals surface area (Å²) in [7, 11) is -3.89. The van der Waals surface area contributed by atoms with E-state index >= 15 is 0 Å². The molecule has 0 unspecified atom stereocenters. The lowest BCUT2D eigenvalue weighted by Crippen LogP contribution is -2.15. The number of benzene rings is 2. The summed E-state index contributed by atoms with van der Waals surface area (Å²) in [6.45, 7) is 1.82. The first-order valence-electron chi connectivity index (χ1n) is 7.56. The van der Waals surface area contributed by atoms with E-state index in [9.17, 15) is 13.2 Å². The molecular weight excluding hydrogens is 429 g/mol. The molecule has 0 fully saturated rings. The summed E-state index contributed by atoms with van der Waals surface area (Å²) in [5.74, 6) is -0.389. The largest absolute Gasteiger partial charge is 0.298 e. The number of nitrogens with zero attached hydrogens (tertiary/aromatic N) is 1. The van der Waals surface area contributed by atoms with E-state index in [0.717, 1.165) is 5.69 Å². The van der Waals surface area contributed by atoms with Gasteiger partial charge in [-0.2, -0.15) is 0 Å². The molecule has 0 saturated carbocycles. The summed E-state index contributed by atoms with van der Waals surface area (Å²) in [5.41, 5.74) is 1.33. The fourth-order valence-corrected chi connectivity index (χ4v) is 4.28. The number of nitrogens with one attached hydrogen (secondary N) is 2. The summed E-state index contributed by atoms with van der Waals surface area (Å²) in [6.07, 6.45) is 0. The van der Waals surface area contributed by atoms with Crippen LogP contribution in [0.15, 0.2) is 52.7 Å². The first-order valence-corrected chi connectivity index (χ1v) is 10.7. The van der Waals surface area contributed by atoms with E-state index in [4.69, 9.17) is 23.2 Å². The summed E-state index contributed by atoms with van der Waals surface area (Å²) in [4.78, 5) is 16.5. The van der Waals surface area contributed by atoms with Crippen molar-refractivity contribution in [3.05, 3.63) is 69.1 Å². The molecule has 0 atom stereocenters. The molecule has 3 aromatic rings. The second-order valence-electron chi connectivity index (χ2n) is 5.51. The van der Waals surface area contributed by atoms with Crippen molar-refractivity contribution in [2.45, 2.75) is 11.8 Å². The molecule has 0 spiro atoms. The van der Waals surface area contributed by atoms with Crippen LogP contribution in [0.2, 0.25) is 10.0 Å².